The molecule has 1 aliphatic heterocycles. The van der Waals surface area contributed by atoms with Crippen LogP contribution in [0.15, 0.2) is 53.1 Å². The Morgan fingerprint density at radius 1 is 1.26 bits per heavy atom. The summed E-state index contributed by atoms with van der Waals surface area (Å²) in [6.07, 6.45) is 1.68. The highest BCUT2D eigenvalue weighted by molar-refractivity contribution is 6.30. The second-order valence-electron chi connectivity index (χ2n) is 6.35. The summed E-state index contributed by atoms with van der Waals surface area (Å²) in [6.45, 7) is 0.657. The zero-order chi connectivity index (χ0) is 18.8. The number of amides is 1. The van der Waals surface area contributed by atoms with Crippen molar-refractivity contribution in [2.75, 3.05) is 13.7 Å². The molecule has 4 rings (SSSR count). The second-order valence-corrected chi connectivity index (χ2v) is 6.79. The lowest BCUT2D eigenvalue weighted by Gasteiger charge is -2.22. The summed E-state index contributed by atoms with van der Waals surface area (Å²) in [5.41, 5.74) is 1.39. The van der Waals surface area contributed by atoms with E-state index in [0.29, 0.717) is 34.6 Å². The van der Waals surface area contributed by atoms with Gasteiger partial charge in [0.2, 0.25) is 11.7 Å². The lowest BCUT2D eigenvalue weighted by molar-refractivity contribution is 0.0710. The van der Waals surface area contributed by atoms with Crippen LogP contribution in [0, 0.1) is 0 Å². The predicted octanol–water partition coefficient (Wildman–Crippen LogP) is 4.38. The standard InChI is InChI=1S/C20H18ClN3O3/c1-26-16-9-7-13(8-10-16)20(25)24-11-3-6-17(24)19-22-18(23-27-19)14-4-2-5-15(21)12-14/h2,4-5,7-10,12,17H,3,6,11H2,1H3/t17-/m0/s1. The normalized spacial score (nSPS) is 16.5. The zero-order valence-corrected chi connectivity index (χ0v) is 15.5. The first-order chi connectivity index (χ1) is 13.2. The van der Waals surface area contributed by atoms with Crippen LogP contribution in [0.3, 0.4) is 0 Å². The monoisotopic (exact) mass is 383 g/mol. The fourth-order valence-corrected chi connectivity index (χ4v) is 3.47. The Hall–Kier alpha value is -2.86. The highest BCUT2D eigenvalue weighted by Crippen LogP contribution is 2.33. The van der Waals surface area contributed by atoms with Crippen molar-refractivity contribution >= 4 is 17.5 Å². The quantitative estimate of drug-likeness (QED) is 0.668. The van der Waals surface area contributed by atoms with Crippen LogP contribution < -0.4 is 4.74 Å². The summed E-state index contributed by atoms with van der Waals surface area (Å²) < 4.78 is 10.6. The molecule has 0 bridgehead atoms. The molecule has 3 aromatic rings. The van der Waals surface area contributed by atoms with Gasteiger partial charge in [-0.1, -0.05) is 28.9 Å². The van der Waals surface area contributed by atoms with E-state index in [1.807, 2.05) is 12.1 Å². The Morgan fingerprint density at radius 2 is 2.07 bits per heavy atom. The molecular formula is C20H18ClN3O3. The molecule has 1 atom stereocenters. The molecule has 2 aromatic carbocycles. The van der Waals surface area contributed by atoms with Crippen LogP contribution in [-0.2, 0) is 0 Å². The molecule has 1 saturated heterocycles. The van der Waals surface area contributed by atoms with Crippen LogP contribution in [0.2, 0.25) is 5.02 Å². The van der Waals surface area contributed by atoms with Crippen LogP contribution in [0.25, 0.3) is 11.4 Å². The van der Waals surface area contributed by atoms with Crippen LogP contribution in [0.4, 0.5) is 0 Å². The lowest BCUT2D eigenvalue weighted by atomic mass is 10.1. The average Bonchev–Trinajstić information content (AvgIpc) is 3.37. The van der Waals surface area contributed by atoms with Gasteiger partial charge in [0.05, 0.1) is 7.11 Å². The molecule has 2 heterocycles. The molecule has 0 aliphatic carbocycles. The van der Waals surface area contributed by atoms with E-state index < -0.39 is 0 Å². The van der Waals surface area contributed by atoms with Crippen molar-refractivity contribution in [3.8, 4) is 17.1 Å². The maximum atomic E-state index is 12.9. The van der Waals surface area contributed by atoms with E-state index in [1.54, 1.807) is 48.4 Å². The van der Waals surface area contributed by atoms with Gasteiger partial charge in [-0.15, -0.1) is 0 Å². The van der Waals surface area contributed by atoms with Gasteiger partial charge in [-0.25, -0.2) is 0 Å². The third-order valence-corrected chi connectivity index (χ3v) is 4.90. The lowest BCUT2D eigenvalue weighted by Crippen LogP contribution is -2.30. The fourth-order valence-electron chi connectivity index (χ4n) is 3.28. The minimum absolute atomic E-state index is 0.0531. The number of aromatic nitrogens is 2. The van der Waals surface area contributed by atoms with E-state index in [2.05, 4.69) is 10.1 Å². The first kappa shape index (κ1) is 17.5. The molecular weight excluding hydrogens is 366 g/mol. The number of benzene rings is 2. The highest BCUT2D eigenvalue weighted by atomic mass is 35.5. The Kier molecular flexibility index (Phi) is 4.81. The minimum atomic E-state index is -0.222. The summed E-state index contributed by atoms with van der Waals surface area (Å²) in [5.74, 6) is 1.58. The first-order valence-electron chi connectivity index (χ1n) is 8.70. The molecule has 138 valence electrons. The number of nitrogens with zero attached hydrogens (tertiary/aromatic N) is 3. The molecule has 27 heavy (non-hydrogen) atoms. The SMILES string of the molecule is COc1ccc(C(=O)N2CCC[C@H]2c2nc(-c3cccc(Cl)c3)no2)cc1. The van der Waals surface area contributed by atoms with E-state index in [9.17, 15) is 4.79 Å². The molecule has 1 aliphatic rings. The predicted molar refractivity (Wildman–Crippen MR) is 101 cm³/mol. The van der Waals surface area contributed by atoms with Crippen molar-refractivity contribution in [1.29, 1.82) is 0 Å². The molecule has 0 unspecified atom stereocenters. The van der Waals surface area contributed by atoms with Crippen molar-refractivity contribution in [3.05, 3.63) is 65.0 Å². The van der Waals surface area contributed by atoms with Crippen molar-refractivity contribution in [2.45, 2.75) is 18.9 Å². The molecule has 0 radical (unpaired) electrons. The van der Waals surface area contributed by atoms with Gasteiger partial charge >= 0.3 is 0 Å². The van der Waals surface area contributed by atoms with Crippen LogP contribution >= 0.6 is 11.6 Å². The van der Waals surface area contributed by atoms with Gasteiger partial charge in [0, 0.05) is 22.7 Å². The van der Waals surface area contributed by atoms with Gasteiger partial charge in [0.15, 0.2) is 0 Å². The van der Waals surface area contributed by atoms with Crippen molar-refractivity contribution in [2.24, 2.45) is 0 Å². The van der Waals surface area contributed by atoms with Gasteiger partial charge in [-0.3, -0.25) is 4.79 Å². The molecule has 0 N–H and O–H groups in total. The molecule has 1 amide bonds. The smallest absolute Gasteiger partial charge is 0.254 e. The van der Waals surface area contributed by atoms with Crippen LogP contribution in [-0.4, -0.2) is 34.6 Å². The van der Waals surface area contributed by atoms with Gasteiger partial charge < -0.3 is 14.2 Å². The van der Waals surface area contributed by atoms with Crippen LogP contribution in [0.1, 0.15) is 35.1 Å². The average molecular weight is 384 g/mol. The number of hydrogen-bond donors (Lipinski definition) is 0. The number of rotatable bonds is 4. The zero-order valence-electron chi connectivity index (χ0n) is 14.8. The topological polar surface area (TPSA) is 68.5 Å². The number of hydrogen-bond acceptors (Lipinski definition) is 5. The maximum Gasteiger partial charge on any atom is 0.254 e. The Balaban J connectivity index is 1.57. The molecule has 0 spiro atoms. The number of carbonyl (C=O) groups excluding carboxylic acids is 1. The van der Waals surface area contributed by atoms with E-state index in [-0.39, 0.29) is 11.9 Å². The van der Waals surface area contributed by atoms with Gasteiger partial charge in [0.25, 0.3) is 5.91 Å². The largest absolute Gasteiger partial charge is 0.497 e. The number of ether oxygens (including phenoxy) is 1. The second kappa shape index (κ2) is 7.40. The highest BCUT2D eigenvalue weighted by Gasteiger charge is 2.34. The molecule has 1 aromatic heterocycles. The van der Waals surface area contributed by atoms with Crippen molar-refractivity contribution in [1.82, 2.24) is 15.0 Å². The summed E-state index contributed by atoms with van der Waals surface area (Å²) in [6, 6.07) is 14.1. The summed E-state index contributed by atoms with van der Waals surface area (Å²) in [4.78, 5) is 19.2. The van der Waals surface area contributed by atoms with E-state index in [4.69, 9.17) is 20.9 Å². The molecule has 1 fully saturated rings. The van der Waals surface area contributed by atoms with E-state index in [0.717, 1.165) is 18.4 Å². The molecule has 0 saturated carbocycles. The Labute approximate surface area is 161 Å². The number of carbonyl (C=O) groups is 1. The number of halogens is 1. The fraction of sp³-hybridized carbons (Fsp3) is 0.250. The summed E-state index contributed by atoms with van der Waals surface area (Å²) >= 11 is 6.03. The third-order valence-electron chi connectivity index (χ3n) is 4.66. The van der Waals surface area contributed by atoms with Gasteiger partial charge in [0.1, 0.15) is 11.8 Å². The van der Waals surface area contributed by atoms with E-state index >= 15 is 0 Å². The summed E-state index contributed by atoms with van der Waals surface area (Å²) in [7, 11) is 1.60. The molecule has 7 heteroatoms. The third kappa shape index (κ3) is 3.53. The summed E-state index contributed by atoms with van der Waals surface area (Å²) in [5, 5.41) is 4.67. The van der Waals surface area contributed by atoms with E-state index in [1.165, 1.54) is 0 Å². The van der Waals surface area contributed by atoms with Crippen molar-refractivity contribution in [3.63, 3.8) is 0 Å². The maximum absolute atomic E-state index is 12.9. The minimum Gasteiger partial charge on any atom is -0.497 e. The van der Waals surface area contributed by atoms with Gasteiger partial charge in [-0.2, -0.15) is 4.98 Å². The molecule has 6 nitrogen and oxygen atoms in total. The van der Waals surface area contributed by atoms with Crippen LogP contribution in [0.5, 0.6) is 5.75 Å². The first-order valence-corrected chi connectivity index (χ1v) is 9.08. The van der Waals surface area contributed by atoms with Crippen molar-refractivity contribution < 1.29 is 14.1 Å². The number of methoxy groups -OCH3 is 1. The number of likely N-dealkylation sites (tertiary alicyclic amines) is 1. The Bertz CT molecular complexity index is 955. The Morgan fingerprint density at radius 3 is 2.81 bits per heavy atom. The van der Waals surface area contributed by atoms with Gasteiger partial charge in [-0.05, 0) is 49.2 Å².